The minimum absolute atomic E-state index is 0.0698. The van der Waals surface area contributed by atoms with Crippen molar-refractivity contribution in [2.45, 2.75) is 32.5 Å². The van der Waals surface area contributed by atoms with Crippen molar-refractivity contribution in [2.24, 2.45) is 0 Å². The molecular weight excluding hydrogens is 314 g/mol. The molecule has 3 heterocycles. The number of nitrogens with one attached hydrogen (secondary N) is 1. The summed E-state index contributed by atoms with van der Waals surface area (Å²) in [5.41, 5.74) is 4.33. The van der Waals surface area contributed by atoms with Crippen LogP contribution in [0, 0.1) is 0 Å². The van der Waals surface area contributed by atoms with Gasteiger partial charge in [0.1, 0.15) is 0 Å². The molecule has 6 nitrogen and oxygen atoms in total. The molecule has 4 rings (SSSR count). The van der Waals surface area contributed by atoms with Gasteiger partial charge >= 0.3 is 0 Å². The SMILES string of the molecule is CCN1Cc2ccccc2C[C@H]1C(=O)NCc1cnc2cnccn12. The van der Waals surface area contributed by atoms with E-state index in [0.29, 0.717) is 6.54 Å². The van der Waals surface area contributed by atoms with Gasteiger partial charge in [0.25, 0.3) is 0 Å². The molecule has 1 aliphatic rings. The molecule has 0 fully saturated rings. The van der Waals surface area contributed by atoms with Gasteiger partial charge in [0, 0.05) is 18.9 Å². The van der Waals surface area contributed by atoms with Gasteiger partial charge in [-0.25, -0.2) is 4.98 Å². The Labute approximate surface area is 146 Å². The molecule has 0 saturated carbocycles. The van der Waals surface area contributed by atoms with Crippen molar-refractivity contribution in [1.29, 1.82) is 0 Å². The van der Waals surface area contributed by atoms with E-state index in [1.54, 1.807) is 18.6 Å². The Hall–Kier alpha value is -2.73. The van der Waals surface area contributed by atoms with Crippen LogP contribution in [0.25, 0.3) is 5.65 Å². The van der Waals surface area contributed by atoms with E-state index in [4.69, 9.17) is 0 Å². The van der Waals surface area contributed by atoms with E-state index in [2.05, 4.69) is 45.3 Å². The Balaban J connectivity index is 1.49. The molecule has 1 aromatic carbocycles. The molecule has 1 amide bonds. The Bertz CT molecular complexity index is 903. The van der Waals surface area contributed by atoms with Crippen molar-refractivity contribution in [3.05, 3.63) is 65.9 Å². The summed E-state index contributed by atoms with van der Waals surface area (Å²) in [6, 6.07) is 8.26. The van der Waals surface area contributed by atoms with Crippen LogP contribution in [-0.2, 0) is 24.3 Å². The molecule has 128 valence electrons. The molecule has 0 radical (unpaired) electrons. The lowest BCUT2D eigenvalue weighted by Crippen LogP contribution is -2.50. The van der Waals surface area contributed by atoms with Crippen LogP contribution in [0.15, 0.2) is 49.1 Å². The molecule has 6 heteroatoms. The monoisotopic (exact) mass is 335 g/mol. The van der Waals surface area contributed by atoms with E-state index in [9.17, 15) is 4.79 Å². The number of carbonyl (C=O) groups excluding carboxylic acids is 1. The first kappa shape index (κ1) is 15.8. The summed E-state index contributed by atoms with van der Waals surface area (Å²) in [5.74, 6) is 0.0698. The minimum Gasteiger partial charge on any atom is -0.349 e. The van der Waals surface area contributed by atoms with Crippen LogP contribution >= 0.6 is 0 Å². The fourth-order valence-corrected chi connectivity index (χ4v) is 3.49. The van der Waals surface area contributed by atoms with Crippen LogP contribution in [-0.4, -0.2) is 37.8 Å². The maximum absolute atomic E-state index is 12.8. The van der Waals surface area contributed by atoms with Crippen molar-refractivity contribution < 1.29 is 4.79 Å². The number of rotatable bonds is 4. The van der Waals surface area contributed by atoms with Crippen LogP contribution < -0.4 is 5.32 Å². The van der Waals surface area contributed by atoms with Gasteiger partial charge in [-0.2, -0.15) is 0 Å². The Kier molecular flexibility index (Phi) is 4.19. The third kappa shape index (κ3) is 3.00. The minimum atomic E-state index is -0.124. The third-order valence-corrected chi connectivity index (χ3v) is 4.89. The molecule has 0 spiro atoms. The number of hydrogen-bond acceptors (Lipinski definition) is 4. The van der Waals surface area contributed by atoms with Gasteiger partial charge in [0.2, 0.25) is 5.91 Å². The predicted octanol–water partition coefficient (Wildman–Crippen LogP) is 1.79. The number of hydrogen-bond donors (Lipinski definition) is 1. The topological polar surface area (TPSA) is 62.5 Å². The summed E-state index contributed by atoms with van der Waals surface area (Å²) in [6.07, 6.45) is 7.83. The van der Waals surface area contributed by atoms with E-state index >= 15 is 0 Å². The Morgan fingerprint density at radius 3 is 2.96 bits per heavy atom. The zero-order valence-electron chi connectivity index (χ0n) is 14.2. The van der Waals surface area contributed by atoms with E-state index in [0.717, 1.165) is 30.9 Å². The predicted molar refractivity (Wildman–Crippen MR) is 94.9 cm³/mol. The molecule has 0 unspecified atom stereocenters. The summed E-state index contributed by atoms with van der Waals surface area (Å²) in [5, 5.41) is 3.08. The number of aromatic nitrogens is 3. The van der Waals surface area contributed by atoms with Crippen molar-refractivity contribution in [1.82, 2.24) is 24.6 Å². The number of likely N-dealkylation sites (N-methyl/N-ethyl adjacent to an activating group) is 1. The van der Waals surface area contributed by atoms with Crippen LogP contribution in [0.1, 0.15) is 23.7 Å². The van der Waals surface area contributed by atoms with Gasteiger partial charge in [-0.3, -0.25) is 19.1 Å². The molecule has 1 N–H and O–H groups in total. The van der Waals surface area contributed by atoms with Crippen LogP contribution in [0.3, 0.4) is 0 Å². The lowest BCUT2D eigenvalue weighted by atomic mass is 9.93. The number of fused-ring (bicyclic) bond motifs is 2. The molecule has 1 atom stereocenters. The van der Waals surface area contributed by atoms with Crippen molar-refractivity contribution in [2.75, 3.05) is 6.54 Å². The summed E-state index contributed by atoms with van der Waals surface area (Å²) in [6.45, 7) is 4.24. The number of nitrogens with zero attached hydrogens (tertiary/aromatic N) is 4. The van der Waals surface area contributed by atoms with Gasteiger partial charge in [0.05, 0.1) is 30.7 Å². The first-order valence-corrected chi connectivity index (χ1v) is 8.60. The Morgan fingerprint density at radius 1 is 1.28 bits per heavy atom. The highest BCUT2D eigenvalue weighted by molar-refractivity contribution is 5.82. The molecular formula is C19H21N5O. The van der Waals surface area contributed by atoms with E-state index in [-0.39, 0.29) is 11.9 Å². The van der Waals surface area contributed by atoms with Crippen LogP contribution in [0.2, 0.25) is 0 Å². The maximum atomic E-state index is 12.8. The number of amides is 1. The third-order valence-electron chi connectivity index (χ3n) is 4.89. The van der Waals surface area contributed by atoms with Gasteiger partial charge < -0.3 is 5.32 Å². The van der Waals surface area contributed by atoms with Crippen molar-refractivity contribution in [3.8, 4) is 0 Å². The molecule has 25 heavy (non-hydrogen) atoms. The van der Waals surface area contributed by atoms with E-state index in [1.165, 1.54) is 11.1 Å². The quantitative estimate of drug-likeness (QED) is 0.790. The lowest BCUT2D eigenvalue weighted by Gasteiger charge is -2.35. The van der Waals surface area contributed by atoms with Crippen molar-refractivity contribution >= 4 is 11.6 Å². The fourth-order valence-electron chi connectivity index (χ4n) is 3.49. The zero-order valence-corrected chi connectivity index (χ0v) is 14.2. The first-order chi connectivity index (χ1) is 12.3. The average Bonchev–Trinajstić information content (AvgIpc) is 3.08. The fraction of sp³-hybridized carbons (Fsp3) is 0.316. The second-order valence-electron chi connectivity index (χ2n) is 6.32. The maximum Gasteiger partial charge on any atom is 0.238 e. The normalized spacial score (nSPS) is 17.4. The average molecular weight is 335 g/mol. The highest BCUT2D eigenvalue weighted by atomic mass is 16.2. The number of carbonyl (C=O) groups is 1. The smallest absolute Gasteiger partial charge is 0.238 e. The Morgan fingerprint density at radius 2 is 2.12 bits per heavy atom. The van der Waals surface area contributed by atoms with E-state index < -0.39 is 0 Å². The van der Waals surface area contributed by atoms with E-state index in [1.807, 2.05) is 16.7 Å². The zero-order chi connectivity index (χ0) is 17.2. The van der Waals surface area contributed by atoms with Crippen LogP contribution in [0.5, 0.6) is 0 Å². The second-order valence-corrected chi connectivity index (χ2v) is 6.32. The molecule has 3 aromatic rings. The molecule has 1 aliphatic heterocycles. The summed E-state index contributed by atoms with van der Waals surface area (Å²) in [4.78, 5) is 23.4. The second kappa shape index (κ2) is 6.64. The van der Waals surface area contributed by atoms with Gasteiger partial charge in [-0.15, -0.1) is 0 Å². The standard InChI is InChI=1S/C19H21N5O/c1-2-23-13-15-6-4-3-5-14(15)9-17(23)19(25)22-11-16-10-21-18-12-20-7-8-24(16)18/h3-8,10,12,17H,2,9,11,13H2,1H3,(H,22,25)/t17-/m0/s1. The van der Waals surface area contributed by atoms with Gasteiger partial charge in [0.15, 0.2) is 5.65 Å². The molecule has 2 aromatic heterocycles. The highest BCUT2D eigenvalue weighted by Crippen LogP contribution is 2.23. The molecule has 0 saturated heterocycles. The first-order valence-electron chi connectivity index (χ1n) is 8.60. The summed E-state index contributed by atoms with van der Waals surface area (Å²) >= 11 is 0. The highest BCUT2D eigenvalue weighted by Gasteiger charge is 2.30. The van der Waals surface area contributed by atoms with Crippen molar-refractivity contribution in [3.63, 3.8) is 0 Å². The number of benzene rings is 1. The molecule has 0 bridgehead atoms. The largest absolute Gasteiger partial charge is 0.349 e. The van der Waals surface area contributed by atoms with Gasteiger partial charge in [-0.05, 0) is 24.1 Å². The summed E-state index contributed by atoms with van der Waals surface area (Å²) in [7, 11) is 0. The van der Waals surface area contributed by atoms with Gasteiger partial charge in [-0.1, -0.05) is 31.2 Å². The lowest BCUT2D eigenvalue weighted by molar-refractivity contribution is -0.127. The van der Waals surface area contributed by atoms with Crippen LogP contribution in [0.4, 0.5) is 0 Å². The number of imidazole rings is 1. The summed E-state index contributed by atoms with van der Waals surface area (Å²) < 4.78 is 1.95. The molecule has 0 aliphatic carbocycles.